The van der Waals surface area contributed by atoms with Crippen molar-refractivity contribution in [1.29, 1.82) is 0 Å². The van der Waals surface area contributed by atoms with Gasteiger partial charge in [-0.3, -0.25) is 0 Å². The van der Waals surface area contributed by atoms with E-state index in [2.05, 4.69) is 15.3 Å². The summed E-state index contributed by atoms with van der Waals surface area (Å²) >= 11 is 5.68. The molecule has 0 aliphatic rings. The highest BCUT2D eigenvalue weighted by Crippen LogP contribution is 2.10. The highest BCUT2D eigenvalue weighted by molar-refractivity contribution is 6.30. The van der Waals surface area contributed by atoms with E-state index in [4.69, 9.17) is 16.7 Å². The molecule has 0 bridgehead atoms. The third-order valence-electron chi connectivity index (χ3n) is 2.25. The Kier molecular flexibility index (Phi) is 3.77. The van der Waals surface area contributed by atoms with E-state index in [0.29, 0.717) is 11.0 Å². The summed E-state index contributed by atoms with van der Waals surface area (Å²) in [5.74, 6) is 0.843. The number of benzene rings is 1. The van der Waals surface area contributed by atoms with Gasteiger partial charge in [0.2, 0.25) is 5.95 Å². The van der Waals surface area contributed by atoms with E-state index in [1.807, 2.05) is 12.1 Å². The lowest BCUT2D eigenvalue weighted by Gasteiger charge is -2.04. The van der Waals surface area contributed by atoms with Crippen LogP contribution in [0, 0.1) is 0 Å². The van der Waals surface area contributed by atoms with Crippen molar-refractivity contribution in [3.63, 3.8) is 0 Å². The number of anilines is 1. The molecule has 0 radical (unpaired) electrons. The fourth-order valence-electron chi connectivity index (χ4n) is 1.38. The first-order valence-corrected chi connectivity index (χ1v) is 5.61. The molecule has 0 saturated heterocycles. The number of hydrogen-bond acceptors (Lipinski definition) is 4. The molecule has 0 saturated carbocycles. The topological polar surface area (TPSA) is 58.0 Å². The van der Waals surface area contributed by atoms with Gasteiger partial charge in [0, 0.05) is 6.54 Å². The maximum Gasteiger partial charge on any atom is 0.222 e. The molecule has 0 fully saturated rings. The van der Waals surface area contributed by atoms with E-state index in [1.165, 1.54) is 0 Å². The van der Waals surface area contributed by atoms with Gasteiger partial charge in [-0.05, 0) is 24.1 Å². The van der Waals surface area contributed by atoms with Gasteiger partial charge >= 0.3 is 0 Å². The Labute approximate surface area is 104 Å². The van der Waals surface area contributed by atoms with Crippen LogP contribution in [-0.2, 0) is 6.42 Å². The maximum atomic E-state index is 9.14. The minimum Gasteiger partial charge on any atom is -0.508 e. The molecule has 1 aromatic heterocycles. The zero-order valence-electron chi connectivity index (χ0n) is 9.10. The fraction of sp³-hybridized carbons (Fsp3) is 0.167. The van der Waals surface area contributed by atoms with Crippen LogP contribution in [0.2, 0.25) is 5.02 Å². The van der Waals surface area contributed by atoms with Crippen LogP contribution in [0.15, 0.2) is 36.7 Å². The van der Waals surface area contributed by atoms with Crippen molar-refractivity contribution in [2.45, 2.75) is 6.42 Å². The molecule has 4 nitrogen and oxygen atoms in total. The van der Waals surface area contributed by atoms with Crippen molar-refractivity contribution in [2.24, 2.45) is 0 Å². The second kappa shape index (κ2) is 5.50. The Balaban J connectivity index is 1.83. The third kappa shape index (κ3) is 3.60. The van der Waals surface area contributed by atoms with Crippen LogP contribution in [0.3, 0.4) is 0 Å². The first-order chi connectivity index (χ1) is 8.24. The molecule has 88 valence electrons. The molecule has 1 aromatic carbocycles. The SMILES string of the molecule is Oc1ccc(CCNc2ncc(Cl)cn2)cc1. The van der Waals surface area contributed by atoms with Crippen LogP contribution in [0.4, 0.5) is 5.95 Å². The summed E-state index contributed by atoms with van der Waals surface area (Å²) in [5.41, 5.74) is 1.14. The van der Waals surface area contributed by atoms with Crippen LogP contribution in [0.1, 0.15) is 5.56 Å². The van der Waals surface area contributed by atoms with Gasteiger partial charge in [-0.1, -0.05) is 23.7 Å². The molecule has 0 aliphatic carbocycles. The number of aromatic hydroxyl groups is 1. The lowest BCUT2D eigenvalue weighted by atomic mass is 10.1. The van der Waals surface area contributed by atoms with Crippen LogP contribution in [0.5, 0.6) is 5.75 Å². The Morgan fingerprint density at radius 3 is 2.41 bits per heavy atom. The number of phenolic OH excluding ortho intramolecular Hbond substituents is 1. The van der Waals surface area contributed by atoms with Gasteiger partial charge in [-0.2, -0.15) is 0 Å². The van der Waals surface area contributed by atoms with E-state index in [-0.39, 0.29) is 5.75 Å². The second-order valence-corrected chi connectivity index (χ2v) is 4.00. The van der Waals surface area contributed by atoms with Crippen molar-refractivity contribution in [3.8, 4) is 5.75 Å². The molecule has 2 N–H and O–H groups in total. The Morgan fingerprint density at radius 2 is 1.76 bits per heavy atom. The molecule has 1 heterocycles. The largest absolute Gasteiger partial charge is 0.508 e. The molecular formula is C12H12ClN3O. The van der Waals surface area contributed by atoms with Gasteiger partial charge in [0.25, 0.3) is 0 Å². The average molecular weight is 250 g/mol. The van der Waals surface area contributed by atoms with Gasteiger partial charge in [-0.15, -0.1) is 0 Å². The number of hydrogen-bond donors (Lipinski definition) is 2. The van der Waals surface area contributed by atoms with Gasteiger partial charge in [0.1, 0.15) is 5.75 Å². The van der Waals surface area contributed by atoms with Crippen LogP contribution in [-0.4, -0.2) is 21.6 Å². The number of rotatable bonds is 4. The van der Waals surface area contributed by atoms with E-state index in [0.717, 1.165) is 18.5 Å². The lowest BCUT2D eigenvalue weighted by Crippen LogP contribution is -2.07. The highest BCUT2D eigenvalue weighted by atomic mass is 35.5. The van der Waals surface area contributed by atoms with Crippen molar-refractivity contribution in [1.82, 2.24) is 9.97 Å². The molecule has 2 rings (SSSR count). The molecule has 17 heavy (non-hydrogen) atoms. The van der Waals surface area contributed by atoms with Gasteiger partial charge in [0.05, 0.1) is 17.4 Å². The van der Waals surface area contributed by atoms with Gasteiger partial charge in [-0.25, -0.2) is 9.97 Å². The first-order valence-electron chi connectivity index (χ1n) is 5.23. The number of halogens is 1. The predicted octanol–water partition coefficient (Wildman–Crippen LogP) is 2.49. The summed E-state index contributed by atoms with van der Waals surface area (Å²) in [5, 5.41) is 12.8. The van der Waals surface area contributed by atoms with Gasteiger partial charge < -0.3 is 10.4 Å². The molecule has 0 atom stereocenters. The third-order valence-corrected chi connectivity index (χ3v) is 2.45. The normalized spacial score (nSPS) is 10.2. The summed E-state index contributed by atoms with van der Waals surface area (Å²) in [7, 11) is 0. The van der Waals surface area contributed by atoms with Crippen molar-refractivity contribution in [3.05, 3.63) is 47.2 Å². The van der Waals surface area contributed by atoms with Crippen molar-refractivity contribution >= 4 is 17.5 Å². The maximum absolute atomic E-state index is 9.14. The average Bonchev–Trinajstić information content (AvgIpc) is 2.34. The van der Waals surface area contributed by atoms with Gasteiger partial charge in [0.15, 0.2) is 0 Å². The molecule has 0 amide bonds. The quantitative estimate of drug-likeness (QED) is 0.874. The number of nitrogens with one attached hydrogen (secondary N) is 1. The van der Waals surface area contributed by atoms with Crippen molar-refractivity contribution in [2.75, 3.05) is 11.9 Å². The number of aromatic nitrogens is 2. The molecule has 0 unspecified atom stereocenters. The van der Waals surface area contributed by atoms with Crippen LogP contribution in [0.25, 0.3) is 0 Å². The standard InChI is InChI=1S/C12H12ClN3O/c13-10-7-15-12(16-8-10)14-6-5-9-1-3-11(17)4-2-9/h1-4,7-8,17H,5-6H2,(H,14,15,16). The zero-order valence-corrected chi connectivity index (χ0v) is 9.85. The van der Waals surface area contributed by atoms with E-state index in [9.17, 15) is 0 Å². The van der Waals surface area contributed by atoms with Crippen LogP contribution < -0.4 is 5.32 Å². The Hall–Kier alpha value is -1.81. The van der Waals surface area contributed by atoms with Crippen molar-refractivity contribution < 1.29 is 5.11 Å². The summed E-state index contributed by atoms with van der Waals surface area (Å²) in [6.07, 6.45) is 3.95. The Bertz CT molecular complexity index is 425. The molecule has 5 heteroatoms. The number of phenols is 1. The summed E-state index contributed by atoms with van der Waals surface area (Å²) in [6, 6.07) is 7.13. The zero-order chi connectivity index (χ0) is 12.1. The molecule has 0 aliphatic heterocycles. The Morgan fingerprint density at radius 1 is 1.12 bits per heavy atom. The summed E-state index contributed by atoms with van der Waals surface area (Å²) in [6.45, 7) is 0.729. The summed E-state index contributed by atoms with van der Waals surface area (Å²) < 4.78 is 0. The summed E-state index contributed by atoms with van der Waals surface area (Å²) in [4.78, 5) is 8.06. The smallest absolute Gasteiger partial charge is 0.222 e. The van der Waals surface area contributed by atoms with E-state index in [1.54, 1.807) is 24.5 Å². The second-order valence-electron chi connectivity index (χ2n) is 3.57. The van der Waals surface area contributed by atoms with Crippen LogP contribution >= 0.6 is 11.6 Å². The molecule has 0 spiro atoms. The fourth-order valence-corrected chi connectivity index (χ4v) is 1.48. The highest BCUT2D eigenvalue weighted by Gasteiger charge is 1.96. The molecular weight excluding hydrogens is 238 g/mol. The molecule has 2 aromatic rings. The first kappa shape index (κ1) is 11.7. The minimum atomic E-state index is 0.280. The lowest BCUT2D eigenvalue weighted by molar-refractivity contribution is 0.475. The number of nitrogens with zero attached hydrogens (tertiary/aromatic N) is 2. The van der Waals surface area contributed by atoms with E-state index >= 15 is 0 Å². The predicted molar refractivity (Wildman–Crippen MR) is 67.3 cm³/mol. The minimum absolute atomic E-state index is 0.280. The monoisotopic (exact) mass is 249 g/mol. The van der Waals surface area contributed by atoms with E-state index < -0.39 is 0 Å².